The second kappa shape index (κ2) is 5.95. The van der Waals surface area contributed by atoms with Gasteiger partial charge in [-0.3, -0.25) is 19.6 Å². The largest absolute Gasteiger partial charge is 0.272 e. The molecule has 0 radical (unpaired) electrons. The highest BCUT2D eigenvalue weighted by atomic mass is 16.6. The van der Waals surface area contributed by atoms with Crippen molar-refractivity contribution < 1.29 is 9.72 Å². The summed E-state index contributed by atoms with van der Waals surface area (Å²) in [4.78, 5) is 22.1. The normalized spacial score (nSPS) is 10.8. The Morgan fingerprint density at radius 2 is 2.24 bits per heavy atom. The fourth-order valence-corrected chi connectivity index (χ4v) is 1.73. The Morgan fingerprint density at radius 1 is 1.48 bits per heavy atom. The maximum absolute atomic E-state index is 11.9. The molecule has 0 saturated carbocycles. The Hall–Kier alpha value is -3.03. The Bertz CT molecular complexity index is 720. The number of nitrogens with zero attached hydrogens (tertiary/aromatic N) is 4. The summed E-state index contributed by atoms with van der Waals surface area (Å²) in [5, 5.41) is 18.5. The minimum atomic E-state index is -0.489. The Kier molecular flexibility index (Phi) is 4.07. The van der Waals surface area contributed by atoms with E-state index < -0.39 is 10.8 Å². The number of carbonyl (C=O) groups excluding carboxylic acids is 1. The first-order valence-electron chi connectivity index (χ1n) is 6.05. The van der Waals surface area contributed by atoms with Crippen LogP contribution in [0.4, 0.5) is 5.69 Å². The number of hydrazone groups is 1. The predicted octanol–water partition coefficient (Wildman–Crippen LogP) is 1.40. The summed E-state index contributed by atoms with van der Waals surface area (Å²) in [5.74, 6) is -0.439. The topological polar surface area (TPSA) is 102 Å². The molecule has 0 unspecified atom stereocenters. The van der Waals surface area contributed by atoms with E-state index in [0.717, 1.165) is 5.69 Å². The molecule has 1 amide bonds. The molecule has 1 aromatic heterocycles. The van der Waals surface area contributed by atoms with Gasteiger partial charge in [-0.25, -0.2) is 5.43 Å². The van der Waals surface area contributed by atoms with Crippen LogP contribution >= 0.6 is 0 Å². The number of nitro groups is 1. The van der Waals surface area contributed by atoms with Crippen molar-refractivity contribution in [3.05, 3.63) is 57.4 Å². The average Bonchev–Trinajstić information content (AvgIpc) is 2.83. The highest BCUT2D eigenvalue weighted by molar-refractivity contribution is 5.95. The van der Waals surface area contributed by atoms with Gasteiger partial charge < -0.3 is 0 Å². The summed E-state index contributed by atoms with van der Waals surface area (Å²) in [5.41, 5.74) is 3.79. The number of aromatic nitrogens is 2. The van der Waals surface area contributed by atoms with Gasteiger partial charge in [0.15, 0.2) is 0 Å². The summed E-state index contributed by atoms with van der Waals surface area (Å²) < 4.78 is 1.60. The molecule has 8 heteroatoms. The first kappa shape index (κ1) is 14.4. The molecule has 1 heterocycles. The highest BCUT2D eigenvalue weighted by Gasteiger charge is 2.13. The van der Waals surface area contributed by atoms with Gasteiger partial charge in [-0.1, -0.05) is 0 Å². The van der Waals surface area contributed by atoms with Crippen LogP contribution in [0.1, 0.15) is 21.6 Å². The van der Waals surface area contributed by atoms with Crippen molar-refractivity contribution >= 4 is 17.8 Å². The molecule has 0 aliphatic heterocycles. The monoisotopic (exact) mass is 287 g/mol. The molecule has 0 spiro atoms. The molecular weight excluding hydrogens is 274 g/mol. The van der Waals surface area contributed by atoms with Crippen LogP contribution in [0, 0.1) is 17.0 Å². The van der Waals surface area contributed by atoms with E-state index in [1.165, 1.54) is 24.4 Å². The number of rotatable bonds is 4. The van der Waals surface area contributed by atoms with E-state index in [2.05, 4.69) is 15.6 Å². The standard InChI is InChI=1S/C13H13N5O3/c1-9-7-10(3-4-12(9)18(20)21)13(19)16-14-8-11-5-6-15-17(11)2/h3-8H,1-2H3,(H,16,19)/b14-8+. The van der Waals surface area contributed by atoms with Crippen LogP contribution < -0.4 is 5.43 Å². The number of hydrogen-bond donors (Lipinski definition) is 1. The maximum atomic E-state index is 11.9. The lowest BCUT2D eigenvalue weighted by Gasteiger charge is -2.02. The van der Waals surface area contributed by atoms with Crippen LogP contribution in [-0.4, -0.2) is 26.8 Å². The van der Waals surface area contributed by atoms with Gasteiger partial charge in [-0.2, -0.15) is 10.2 Å². The van der Waals surface area contributed by atoms with Crippen LogP contribution in [0.5, 0.6) is 0 Å². The second-order valence-corrected chi connectivity index (χ2v) is 4.34. The van der Waals surface area contributed by atoms with Gasteiger partial charge in [0.25, 0.3) is 11.6 Å². The lowest BCUT2D eigenvalue weighted by Crippen LogP contribution is -2.18. The van der Waals surface area contributed by atoms with Crippen LogP contribution in [0.15, 0.2) is 35.6 Å². The lowest BCUT2D eigenvalue weighted by molar-refractivity contribution is -0.385. The first-order chi connectivity index (χ1) is 9.99. The Labute approximate surface area is 120 Å². The van der Waals surface area contributed by atoms with Crippen molar-refractivity contribution in [1.82, 2.24) is 15.2 Å². The molecule has 8 nitrogen and oxygen atoms in total. The fourth-order valence-electron chi connectivity index (χ4n) is 1.73. The van der Waals surface area contributed by atoms with E-state index in [1.807, 2.05) is 0 Å². The zero-order valence-corrected chi connectivity index (χ0v) is 11.5. The molecule has 0 saturated heterocycles. The van der Waals surface area contributed by atoms with Crippen LogP contribution in [-0.2, 0) is 7.05 Å². The van der Waals surface area contributed by atoms with Crippen molar-refractivity contribution in [2.45, 2.75) is 6.92 Å². The van der Waals surface area contributed by atoms with Gasteiger partial charge in [0, 0.05) is 30.4 Å². The predicted molar refractivity (Wildman–Crippen MR) is 76.1 cm³/mol. The van der Waals surface area contributed by atoms with Crippen LogP contribution in [0.3, 0.4) is 0 Å². The Balaban J connectivity index is 2.07. The van der Waals surface area contributed by atoms with Crippen molar-refractivity contribution in [3.8, 4) is 0 Å². The number of nitrogens with one attached hydrogen (secondary N) is 1. The van der Waals surface area contributed by atoms with Gasteiger partial charge in [0.2, 0.25) is 0 Å². The first-order valence-corrected chi connectivity index (χ1v) is 6.05. The third kappa shape index (κ3) is 3.30. The molecule has 0 bridgehead atoms. The highest BCUT2D eigenvalue weighted by Crippen LogP contribution is 2.18. The van der Waals surface area contributed by atoms with E-state index in [1.54, 1.807) is 30.9 Å². The molecule has 0 atom stereocenters. The van der Waals surface area contributed by atoms with Crippen molar-refractivity contribution in [2.24, 2.45) is 12.1 Å². The summed E-state index contributed by atoms with van der Waals surface area (Å²) >= 11 is 0. The van der Waals surface area contributed by atoms with E-state index in [-0.39, 0.29) is 5.69 Å². The van der Waals surface area contributed by atoms with Gasteiger partial charge in [0.05, 0.1) is 16.8 Å². The van der Waals surface area contributed by atoms with Gasteiger partial charge in [0.1, 0.15) is 0 Å². The number of hydrogen-bond acceptors (Lipinski definition) is 5. The third-order valence-electron chi connectivity index (χ3n) is 2.88. The second-order valence-electron chi connectivity index (χ2n) is 4.34. The average molecular weight is 287 g/mol. The molecule has 1 N–H and O–H groups in total. The number of carbonyl (C=O) groups is 1. The molecule has 21 heavy (non-hydrogen) atoms. The zero-order valence-electron chi connectivity index (χ0n) is 11.5. The fraction of sp³-hybridized carbons (Fsp3) is 0.154. The van der Waals surface area contributed by atoms with Gasteiger partial charge >= 0.3 is 0 Å². The van der Waals surface area contributed by atoms with E-state index in [4.69, 9.17) is 0 Å². The lowest BCUT2D eigenvalue weighted by atomic mass is 10.1. The third-order valence-corrected chi connectivity index (χ3v) is 2.88. The van der Waals surface area contributed by atoms with Gasteiger partial charge in [-0.05, 0) is 25.1 Å². The summed E-state index contributed by atoms with van der Waals surface area (Å²) in [7, 11) is 1.75. The molecule has 1 aromatic carbocycles. The van der Waals surface area contributed by atoms with Crippen LogP contribution in [0.2, 0.25) is 0 Å². The molecule has 2 rings (SSSR count). The Morgan fingerprint density at radius 3 is 2.81 bits per heavy atom. The molecule has 2 aromatic rings. The van der Waals surface area contributed by atoms with Crippen molar-refractivity contribution in [2.75, 3.05) is 0 Å². The SMILES string of the molecule is Cc1cc(C(=O)N/N=C/c2ccnn2C)ccc1[N+](=O)[O-]. The van der Waals surface area contributed by atoms with E-state index in [0.29, 0.717) is 11.1 Å². The number of benzene rings is 1. The van der Waals surface area contributed by atoms with Crippen molar-refractivity contribution in [3.63, 3.8) is 0 Å². The van der Waals surface area contributed by atoms with E-state index in [9.17, 15) is 14.9 Å². The van der Waals surface area contributed by atoms with Gasteiger partial charge in [-0.15, -0.1) is 0 Å². The number of nitro benzene ring substituents is 1. The van der Waals surface area contributed by atoms with Crippen LogP contribution in [0.25, 0.3) is 0 Å². The summed E-state index contributed by atoms with van der Waals surface area (Å²) in [6.45, 7) is 1.58. The molecule has 108 valence electrons. The molecule has 0 aliphatic carbocycles. The number of amides is 1. The number of aryl methyl sites for hydroxylation is 2. The molecule has 0 aliphatic rings. The summed E-state index contributed by atoms with van der Waals surface area (Å²) in [6, 6.07) is 5.88. The van der Waals surface area contributed by atoms with E-state index >= 15 is 0 Å². The minimum absolute atomic E-state index is 0.0232. The zero-order chi connectivity index (χ0) is 15.4. The summed E-state index contributed by atoms with van der Waals surface area (Å²) in [6.07, 6.45) is 3.08. The molecular formula is C13H13N5O3. The minimum Gasteiger partial charge on any atom is -0.267 e. The van der Waals surface area contributed by atoms with Crippen molar-refractivity contribution in [1.29, 1.82) is 0 Å². The smallest absolute Gasteiger partial charge is 0.267 e. The maximum Gasteiger partial charge on any atom is 0.272 e. The molecule has 0 fully saturated rings. The quantitative estimate of drug-likeness (QED) is 0.521.